The maximum atomic E-state index is 8.89. The van der Waals surface area contributed by atoms with E-state index in [9.17, 15) is 0 Å². The van der Waals surface area contributed by atoms with Crippen LogP contribution in [0, 0.1) is 0 Å². The van der Waals surface area contributed by atoms with E-state index < -0.39 is 11.9 Å². The molecule has 15 heavy (non-hydrogen) atoms. The topological polar surface area (TPSA) is 125 Å². The van der Waals surface area contributed by atoms with Crippen molar-refractivity contribution in [2.75, 3.05) is 0 Å². The maximum absolute atomic E-state index is 8.89. The molecule has 0 fully saturated rings. The SMILES string of the molecule is CC(=O)[O-].CC(=O)[O-].O.[Ca+2].c1cscn1. The van der Waals surface area contributed by atoms with Gasteiger partial charge in [0.25, 0.3) is 0 Å². The number of carboxylic acid groups (broad SMARTS) is 2. The summed E-state index contributed by atoms with van der Waals surface area (Å²) in [5.74, 6) is -2.17. The zero-order chi connectivity index (χ0) is 10.7. The number of carbonyl (C=O) groups is 2. The fourth-order valence-electron chi connectivity index (χ4n) is 0.176. The monoisotopic (exact) mass is 261 g/mol. The molecule has 0 radical (unpaired) electrons. The summed E-state index contributed by atoms with van der Waals surface area (Å²) in [7, 11) is 0. The van der Waals surface area contributed by atoms with Crippen LogP contribution in [0.15, 0.2) is 17.1 Å². The van der Waals surface area contributed by atoms with Crippen LogP contribution in [-0.2, 0) is 9.59 Å². The van der Waals surface area contributed by atoms with Crippen LogP contribution >= 0.6 is 11.3 Å². The Morgan fingerprint density at radius 2 is 1.53 bits per heavy atom. The molecular weight excluding hydrogens is 250 g/mol. The quantitative estimate of drug-likeness (QED) is 0.475. The van der Waals surface area contributed by atoms with Gasteiger partial charge in [-0.15, -0.1) is 11.3 Å². The summed E-state index contributed by atoms with van der Waals surface area (Å²) in [6, 6.07) is 0. The number of rotatable bonds is 0. The molecule has 6 nitrogen and oxygen atoms in total. The van der Waals surface area contributed by atoms with E-state index in [1.807, 2.05) is 5.38 Å². The molecule has 0 amide bonds. The van der Waals surface area contributed by atoms with Crippen LogP contribution in [0.25, 0.3) is 0 Å². The van der Waals surface area contributed by atoms with Crippen LogP contribution in [0.1, 0.15) is 13.8 Å². The third-order valence-corrected chi connectivity index (χ3v) is 0.869. The van der Waals surface area contributed by atoms with Crippen LogP contribution in [-0.4, -0.2) is 60.1 Å². The molecule has 0 atom stereocenters. The summed E-state index contributed by atoms with van der Waals surface area (Å²) in [6.45, 7) is 1.94. The molecule has 0 unspecified atom stereocenters. The Morgan fingerprint density at radius 1 is 1.20 bits per heavy atom. The van der Waals surface area contributed by atoms with Crippen LogP contribution in [0.3, 0.4) is 0 Å². The number of carboxylic acids is 2. The number of hydrogen-bond acceptors (Lipinski definition) is 6. The van der Waals surface area contributed by atoms with Gasteiger partial charge in [-0.2, -0.15) is 0 Å². The first-order valence-electron chi connectivity index (χ1n) is 3.14. The van der Waals surface area contributed by atoms with Crippen LogP contribution < -0.4 is 10.2 Å². The number of carbonyl (C=O) groups excluding carboxylic acids is 2. The summed E-state index contributed by atoms with van der Waals surface area (Å²) in [4.78, 5) is 21.5. The van der Waals surface area contributed by atoms with Gasteiger partial charge in [0, 0.05) is 23.5 Å². The van der Waals surface area contributed by atoms with E-state index in [0.29, 0.717) is 0 Å². The van der Waals surface area contributed by atoms with E-state index >= 15 is 0 Å². The van der Waals surface area contributed by atoms with Gasteiger partial charge in [0.2, 0.25) is 0 Å². The van der Waals surface area contributed by atoms with Gasteiger partial charge in [-0.3, -0.25) is 4.98 Å². The zero-order valence-corrected chi connectivity index (χ0v) is 11.5. The van der Waals surface area contributed by atoms with E-state index in [-0.39, 0.29) is 43.2 Å². The Balaban J connectivity index is -0.0000000575. The summed E-state index contributed by atoms with van der Waals surface area (Å²) in [5, 5.41) is 19.7. The molecule has 82 valence electrons. The second kappa shape index (κ2) is 19.4. The first-order chi connectivity index (χ1) is 5.96. The van der Waals surface area contributed by atoms with Gasteiger partial charge in [-0.25, -0.2) is 0 Å². The van der Waals surface area contributed by atoms with Crippen molar-refractivity contribution in [3.63, 3.8) is 0 Å². The smallest absolute Gasteiger partial charge is 0.550 e. The average molecular weight is 261 g/mol. The number of nitrogens with zero attached hydrogens (tertiary/aromatic N) is 1. The molecule has 0 bridgehead atoms. The number of hydrogen-bond donors (Lipinski definition) is 0. The van der Waals surface area contributed by atoms with Gasteiger partial charge < -0.3 is 25.3 Å². The Kier molecular flexibility index (Phi) is 31.2. The van der Waals surface area contributed by atoms with Crippen LogP contribution in [0.2, 0.25) is 0 Å². The third kappa shape index (κ3) is 83.5. The van der Waals surface area contributed by atoms with E-state index in [4.69, 9.17) is 19.8 Å². The van der Waals surface area contributed by atoms with Crippen molar-refractivity contribution in [2.24, 2.45) is 0 Å². The summed E-state index contributed by atoms with van der Waals surface area (Å²) in [5.41, 5.74) is 1.79. The van der Waals surface area contributed by atoms with Crippen LogP contribution in [0.5, 0.6) is 0 Å². The molecule has 0 aromatic carbocycles. The first kappa shape index (κ1) is 24.2. The summed E-state index contributed by atoms with van der Waals surface area (Å²) < 4.78 is 0. The molecule has 1 aromatic rings. The molecule has 1 heterocycles. The van der Waals surface area contributed by atoms with Crippen molar-refractivity contribution in [1.82, 2.24) is 4.98 Å². The van der Waals surface area contributed by atoms with Crippen molar-refractivity contribution in [3.8, 4) is 0 Å². The van der Waals surface area contributed by atoms with Crippen molar-refractivity contribution < 1.29 is 25.3 Å². The molecule has 1 rings (SSSR count). The van der Waals surface area contributed by atoms with Gasteiger partial charge in [0.05, 0.1) is 5.51 Å². The van der Waals surface area contributed by atoms with Gasteiger partial charge >= 0.3 is 37.7 Å². The van der Waals surface area contributed by atoms with Gasteiger partial charge in [0.15, 0.2) is 0 Å². The number of aromatic nitrogens is 1. The predicted molar refractivity (Wildman–Crippen MR) is 52.8 cm³/mol. The minimum absolute atomic E-state index is 0. The molecular formula is C7H11CaNO5S. The minimum atomic E-state index is -1.08. The second-order valence-corrected chi connectivity index (χ2v) is 2.41. The molecule has 0 aliphatic heterocycles. The summed E-state index contributed by atoms with van der Waals surface area (Å²) >= 11 is 1.60. The zero-order valence-electron chi connectivity index (χ0n) is 8.43. The van der Waals surface area contributed by atoms with E-state index in [0.717, 1.165) is 13.8 Å². The normalized spacial score (nSPS) is 6.00. The van der Waals surface area contributed by atoms with E-state index in [1.54, 1.807) is 23.0 Å². The third-order valence-electron chi connectivity index (χ3n) is 0.347. The Bertz CT molecular complexity index is 192. The Labute approximate surface area is 121 Å². The van der Waals surface area contributed by atoms with Gasteiger partial charge in [0.1, 0.15) is 0 Å². The summed E-state index contributed by atoms with van der Waals surface area (Å²) in [6.07, 6.45) is 1.77. The molecule has 0 aliphatic carbocycles. The minimum Gasteiger partial charge on any atom is -0.550 e. The standard InChI is InChI=1S/C3H3NS.2C2H4O2.Ca.H2O/c1-2-5-3-4-1;2*1-2(3)4;;/h1-3H;2*1H3,(H,3,4);;1H2/q;;;+2;/p-2. The van der Waals surface area contributed by atoms with E-state index in [1.165, 1.54) is 0 Å². The fraction of sp³-hybridized carbons (Fsp3) is 0.286. The molecule has 0 saturated heterocycles. The van der Waals surface area contributed by atoms with Crippen molar-refractivity contribution in [2.45, 2.75) is 13.8 Å². The second-order valence-electron chi connectivity index (χ2n) is 1.66. The van der Waals surface area contributed by atoms with Crippen molar-refractivity contribution in [1.29, 1.82) is 0 Å². The molecule has 2 N–H and O–H groups in total. The largest absolute Gasteiger partial charge is 2.00 e. The Morgan fingerprint density at radius 3 is 1.60 bits per heavy atom. The van der Waals surface area contributed by atoms with Gasteiger partial charge in [-0.05, 0) is 13.8 Å². The first-order valence-corrected chi connectivity index (χ1v) is 4.08. The van der Waals surface area contributed by atoms with Crippen LogP contribution in [0.4, 0.5) is 0 Å². The molecule has 0 aliphatic rings. The molecule has 0 saturated carbocycles. The van der Waals surface area contributed by atoms with Gasteiger partial charge in [-0.1, -0.05) is 0 Å². The maximum Gasteiger partial charge on any atom is 2.00 e. The van der Waals surface area contributed by atoms with Crippen molar-refractivity contribution >= 4 is 61.0 Å². The average Bonchev–Trinajstić information content (AvgIpc) is 2.35. The Hall–Kier alpha value is -0.210. The molecule has 1 aromatic heterocycles. The van der Waals surface area contributed by atoms with E-state index in [2.05, 4.69) is 4.98 Å². The fourth-order valence-corrected chi connectivity index (χ4v) is 0.527. The number of aliphatic carboxylic acids is 2. The predicted octanol–water partition coefficient (Wildman–Crippen LogP) is -2.55. The number of thiazole rings is 1. The van der Waals surface area contributed by atoms with Crippen molar-refractivity contribution in [3.05, 3.63) is 17.1 Å². The molecule has 0 spiro atoms. The molecule has 8 heteroatoms.